The molecular formula is C17H23ClN3O4S+. The zero-order valence-electron chi connectivity index (χ0n) is 14.6. The van der Waals surface area contributed by atoms with Gasteiger partial charge in [0.15, 0.2) is 6.04 Å². The minimum atomic E-state index is -3.53. The number of carbonyl (C=O) groups excluding carboxylic acids is 2. The van der Waals surface area contributed by atoms with E-state index in [-0.39, 0.29) is 35.2 Å². The van der Waals surface area contributed by atoms with Gasteiger partial charge in [0.2, 0.25) is 15.9 Å². The number of piperidine rings is 1. The van der Waals surface area contributed by atoms with Crippen molar-refractivity contribution >= 4 is 33.4 Å². The van der Waals surface area contributed by atoms with Gasteiger partial charge in [-0.05, 0) is 31.2 Å². The highest BCUT2D eigenvalue weighted by molar-refractivity contribution is 7.89. The number of imide groups is 1. The second kappa shape index (κ2) is 7.64. The van der Waals surface area contributed by atoms with Gasteiger partial charge in [-0.2, -0.15) is 4.31 Å². The number of rotatable bonds is 5. The fourth-order valence-corrected chi connectivity index (χ4v) is 5.18. The summed E-state index contributed by atoms with van der Waals surface area (Å²) in [4.78, 5) is 25.6. The molecule has 7 nitrogen and oxygen atoms in total. The zero-order chi connectivity index (χ0) is 18.9. The summed E-state index contributed by atoms with van der Waals surface area (Å²) >= 11 is 5.82. The Morgan fingerprint density at radius 1 is 1.15 bits per heavy atom. The van der Waals surface area contributed by atoms with Gasteiger partial charge in [0.1, 0.15) is 0 Å². The molecule has 0 spiro atoms. The fraction of sp³-hybridized carbons (Fsp3) is 0.529. The number of benzene rings is 1. The highest BCUT2D eigenvalue weighted by Gasteiger charge is 2.42. The van der Waals surface area contributed by atoms with Crippen LogP contribution in [0.25, 0.3) is 0 Å². The summed E-state index contributed by atoms with van der Waals surface area (Å²) in [6.45, 7) is 3.00. The number of nitrogens with two attached hydrogens (primary N) is 1. The number of halogens is 1. The molecule has 1 aromatic rings. The third-order valence-corrected chi connectivity index (χ3v) is 7.21. The molecule has 1 aromatic carbocycles. The lowest BCUT2D eigenvalue weighted by Crippen LogP contribution is -2.97. The van der Waals surface area contributed by atoms with Gasteiger partial charge in [0, 0.05) is 37.5 Å². The smallest absolute Gasteiger partial charge is 0.287 e. The van der Waals surface area contributed by atoms with Gasteiger partial charge in [-0.3, -0.25) is 14.5 Å². The van der Waals surface area contributed by atoms with Crippen molar-refractivity contribution in [2.75, 3.05) is 19.6 Å². The summed E-state index contributed by atoms with van der Waals surface area (Å²) in [5.41, 5.74) is 0. The molecule has 0 aliphatic carbocycles. The number of amides is 2. The molecule has 142 valence electrons. The lowest BCUT2D eigenvalue weighted by Gasteiger charge is -2.30. The summed E-state index contributed by atoms with van der Waals surface area (Å²) < 4.78 is 26.9. The molecule has 26 heavy (non-hydrogen) atoms. The molecule has 3 rings (SSSR count). The van der Waals surface area contributed by atoms with Gasteiger partial charge in [0.25, 0.3) is 5.91 Å². The van der Waals surface area contributed by atoms with Crippen LogP contribution in [0.5, 0.6) is 0 Å². The summed E-state index contributed by atoms with van der Waals surface area (Å²) in [5, 5.41) is 2.44. The predicted molar refractivity (Wildman–Crippen MR) is 96.0 cm³/mol. The molecule has 0 bridgehead atoms. The summed E-state index contributed by atoms with van der Waals surface area (Å²) in [7, 11) is -3.53. The average molecular weight is 401 g/mol. The minimum Gasteiger partial charge on any atom is -0.333 e. The monoisotopic (exact) mass is 400 g/mol. The van der Waals surface area contributed by atoms with E-state index in [0.29, 0.717) is 37.5 Å². The van der Waals surface area contributed by atoms with Crippen molar-refractivity contribution in [3.8, 4) is 0 Å². The number of quaternary nitrogens is 1. The zero-order valence-corrected chi connectivity index (χ0v) is 16.2. The molecule has 2 amide bonds. The minimum absolute atomic E-state index is 0.124. The number of likely N-dealkylation sites (N-methyl/N-ethyl adjacent to an activating group) is 1. The quantitative estimate of drug-likeness (QED) is 0.715. The van der Waals surface area contributed by atoms with E-state index in [1.54, 1.807) is 19.1 Å². The van der Waals surface area contributed by atoms with Crippen LogP contribution in [0.15, 0.2) is 29.2 Å². The van der Waals surface area contributed by atoms with Gasteiger partial charge in [-0.15, -0.1) is 0 Å². The molecule has 0 unspecified atom stereocenters. The van der Waals surface area contributed by atoms with Gasteiger partial charge in [-0.25, -0.2) is 8.42 Å². The number of sulfonamides is 1. The number of hydrogen-bond acceptors (Lipinski definition) is 4. The maximum absolute atomic E-state index is 12.7. The largest absolute Gasteiger partial charge is 0.333 e. The fourth-order valence-electron chi connectivity index (χ4n) is 3.58. The lowest BCUT2D eigenvalue weighted by molar-refractivity contribution is -0.710. The molecule has 9 heteroatoms. The predicted octanol–water partition coefficient (Wildman–Crippen LogP) is 0.204. The van der Waals surface area contributed by atoms with Crippen molar-refractivity contribution in [2.45, 2.75) is 43.2 Å². The first kappa shape index (κ1) is 19.3. The summed E-state index contributed by atoms with van der Waals surface area (Å²) in [6, 6.07) is 5.93. The molecule has 2 aliphatic heterocycles. The Bertz CT molecular complexity index is 789. The number of likely N-dealkylation sites (tertiary alicyclic amines) is 1. The number of nitrogens with zero attached hydrogens (tertiary/aromatic N) is 2. The van der Waals surface area contributed by atoms with Crippen molar-refractivity contribution in [2.24, 2.45) is 0 Å². The molecular weight excluding hydrogens is 378 g/mol. The molecule has 2 aliphatic rings. The van der Waals surface area contributed by atoms with E-state index in [0.717, 1.165) is 0 Å². The van der Waals surface area contributed by atoms with E-state index in [1.807, 2.05) is 5.32 Å². The summed E-state index contributed by atoms with van der Waals surface area (Å²) in [5.74, 6) is -0.254. The number of hydrogen-bond donors (Lipinski definition) is 1. The molecule has 2 heterocycles. The Hall–Kier alpha value is -1.48. The Kier molecular flexibility index (Phi) is 5.67. The molecule has 0 aromatic heterocycles. The second-order valence-electron chi connectivity index (χ2n) is 6.67. The maximum Gasteiger partial charge on any atom is 0.287 e. The van der Waals surface area contributed by atoms with E-state index in [1.165, 1.54) is 21.3 Å². The first-order valence-electron chi connectivity index (χ1n) is 8.78. The number of carbonyl (C=O) groups is 2. The first-order valence-corrected chi connectivity index (χ1v) is 10.6. The maximum atomic E-state index is 12.7. The lowest BCUT2D eigenvalue weighted by atomic mass is 10.1. The highest BCUT2D eigenvalue weighted by atomic mass is 35.5. The Labute approximate surface area is 158 Å². The Morgan fingerprint density at radius 2 is 1.77 bits per heavy atom. The van der Waals surface area contributed by atoms with Crippen molar-refractivity contribution in [1.29, 1.82) is 0 Å². The molecule has 0 radical (unpaired) electrons. The molecule has 0 saturated carbocycles. The van der Waals surface area contributed by atoms with Crippen molar-refractivity contribution < 1.29 is 23.3 Å². The van der Waals surface area contributed by atoms with Crippen LogP contribution in [0.4, 0.5) is 0 Å². The standard InChI is InChI=1S/C17H22ClN3O4S/c1-2-21-16(22)11-15(17(21)23)19-13-7-9-20(10-8-13)26(24,25)14-5-3-12(18)4-6-14/h3-6,13,15,19H,2,7-11H2,1H3/p+1/t15-/m0/s1. The van der Waals surface area contributed by atoms with Gasteiger partial charge < -0.3 is 5.32 Å². The van der Waals surface area contributed by atoms with Crippen LogP contribution < -0.4 is 5.32 Å². The summed E-state index contributed by atoms with van der Waals surface area (Å²) in [6.07, 6.45) is 1.53. The Morgan fingerprint density at radius 3 is 2.31 bits per heavy atom. The average Bonchev–Trinajstić information content (AvgIpc) is 2.88. The van der Waals surface area contributed by atoms with Gasteiger partial charge >= 0.3 is 0 Å². The molecule has 1 atom stereocenters. The molecule has 2 N–H and O–H groups in total. The molecule has 2 fully saturated rings. The van der Waals surface area contributed by atoms with Crippen molar-refractivity contribution in [1.82, 2.24) is 9.21 Å². The third kappa shape index (κ3) is 3.78. The van der Waals surface area contributed by atoms with Crippen molar-refractivity contribution in [3.05, 3.63) is 29.3 Å². The van der Waals surface area contributed by atoms with Crippen LogP contribution in [-0.4, -0.2) is 61.2 Å². The molecule has 2 saturated heterocycles. The first-order chi connectivity index (χ1) is 12.3. The van der Waals surface area contributed by atoms with Gasteiger partial charge in [0.05, 0.1) is 17.4 Å². The third-order valence-electron chi connectivity index (χ3n) is 5.05. The van der Waals surface area contributed by atoms with E-state index in [4.69, 9.17) is 11.6 Å². The van der Waals surface area contributed by atoms with Gasteiger partial charge in [-0.1, -0.05) is 11.6 Å². The van der Waals surface area contributed by atoms with E-state index in [2.05, 4.69) is 0 Å². The van der Waals surface area contributed by atoms with E-state index < -0.39 is 10.0 Å². The van der Waals surface area contributed by atoms with Crippen LogP contribution in [0, 0.1) is 0 Å². The van der Waals surface area contributed by atoms with Crippen LogP contribution in [0.2, 0.25) is 5.02 Å². The SMILES string of the molecule is CCN1C(=O)C[C@H]([NH2+]C2CCN(S(=O)(=O)c3ccc(Cl)cc3)CC2)C1=O. The van der Waals surface area contributed by atoms with Crippen LogP contribution in [0.3, 0.4) is 0 Å². The van der Waals surface area contributed by atoms with Crippen molar-refractivity contribution in [3.63, 3.8) is 0 Å². The van der Waals surface area contributed by atoms with Crippen LogP contribution in [0.1, 0.15) is 26.2 Å². The van der Waals surface area contributed by atoms with Crippen LogP contribution in [-0.2, 0) is 19.6 Å². The van der Waals surface area contributed by atoms with E-state index in [9.17, 15) is 18.0 Å². The topological polar surface area (TPSA) is 91.4 Å². The van der Waals surface area contributed by atoms with E-state index >= 15 is 0 Å². The highest BCUT2D eigenvalue weighted by Crippen LogP contribution is 2.22. The van der Waals surface area contributed by atoms with Crippen LogP contribution >= 0.6 is 11.6 Å². The Balaban J connectivity index is 1.58. The second-order valence-corrected chi connectivity index (χ2v) is 9.05. The normalized spacial score (nSPS) is 23.0.